The molecule has 1 aromatic rings. The number of hydrogen-bond donors (Lipinski definition) is 1. The highest BCUT2D eigenvalue weighted by Crippen LogP contribution is 2.22. The van der Waals surface area contributed by atoms with Crippen LogP contribution in [0.2, 0.25) is 5.02 Å². The largest absolute Gasteiger partial charge is 0.324 e. The van der Waals surface area contributed by atoms with E-state index in [-0.39, 0.29) is 6.04 Å². The maximum absolute atomic E-state index is 5.96. The van der Waals surface area contributed by atoms with Crippen molar-refractivity contribution >= 4 is 11.6 Å². The molecule has 1 heterocycles. The summed E-state index contributed by atoms with van der Waals surface area (Å²) >= 11 is 5.95. The summed E-state index contributed by atoms with van der Waals surface area (Å²) in [5.41, 5.74) is 6.90. The Hall–Kier alpha value is -1.04. The lowest BCUT2D eigenvalue weighted by Gasteiger charge is -2.11. The predicted molar refractivity (Wildman–Crippen MR) is 58.9 cm³/mol. The lowest BCUT2D eigenvalue weighted by atomic mass is 10.0. The Balaban J connectivity index is 2.63. The predicted octanol–water partition coefficient (Wildman–Crippen LogP) is 2.54. The molecule has 14 heavy (non-hydrogen) atoms. The van der Waals surface area contributed by atoms with Crippen molar-refractivity contribution in [2.45, 2.75) is 25.8 Å². The number of pyridine rings is 1. The normalized spacial score (nSPS) is 11.6. The zero-order valence-electron chi connectivity index (χ0n) is 8.13. The van der Waals surface area contributed by atoms with Crippen LogP contribution in [0.15, 0.2) is 18.5 Å². The summed E-state index contributed by atoms with van der Waals surface area (Å²) in [6, 6.07) is 1.80. The molecule has 0 aliphatic rings. The summed E-state index contributed by atoms with van der Waals surface area (Å²) in [6.45, 7) is 1.82. The first kappa shape index (κ1) is 11.0. The zero-order chi connectivity index (χ0) is 10.4. The van der Waals surface area contributed by atoms with E-state index >= 15 is 0 Å². The van der Waals surface area contributed by atoms with Crippen molar-refractivity contribution in [2.75, 3.05) is 0 Å². The number of halogens is 1. The van der Waals surface area contributed by atoms with Crippen molar-refractivity contribution in [3.05, 3.63) is 29.0 Å². The van der Waals surface area contributed by atoms with Crippen LogP contribution in [-0.2, 0) is 0 Å². The summed E-state index contributed by atoms with van der Waals surface area (Å²) < 4.78 is 0. The first-order valence-electron chi connectivity index (χ1n) is 4.50. The van der Waals surface area contributed by atoms with Crippen molar-refractivity contribution in [3.8, 4) is 11.8 Å². The molecule has 3 heteroatoms. The van der Waals surface area contributed by atoms with Crippen LogP contribution in [0.3, 0.4) is 0 Å². The second kappa shape index (κ2) is 5.64. The molecule has 1 rings (SSSR count). The van der Waals surface area contributed by atoms with E-state index in [1.165, 1.54) is 0 Å². The Kier molecular flexibility index (Phi) is 4.45. The van der Waals surface area contributed by atoms with Crippen LogP contribution in [-0.4, -0.2) is 4.98 Å². The van der Waals surface area contributed by atoms with Crippen LogP contribution in [0.4, 0.5) is 0 Å². The Morgan fingerprint density at radius 2 is 2.43 bits per heavy atom. The molecule has 2 N–H and O–H groups in total. The first-order chi connectivity index (χ1) is 6.75. The van der Waals surface area contributed by atoms with Gasteiger partial charge in [-0.15, -0.1) is 11.8 Å². The third-order valence-corrected chi connectivity index (χ3v) is 2.28. The molecule has 0 radical (unpaired) electrons. The molecule has 0 aliphatic carbocycles. The topological polar surface area (TPSA) is 38.9 Å². The summed E-state index contributed by atoms with van der Waals surface area (Å²) in [5.74, 6) is 5.82. The number of nitrogens with zero attached hydrogens (tertiary/aromatic N) is 1. The second-order valence-corrected chi connectivity index (χ2v) is 3.38. The van der Waals surface area contributed by atoms with E-state index in [1.54, 1.807) is 12.4 Å². The second-order valence-electron chi connectivity index (χ2n) is 2.97. The van der Waals surface area contributed by atoms with Crippen LogP contribution in [0, 0.1) is 11.8 Å². The third-order valence-electron chi connectivity index (χ3n) is 1.96. The third kappa shape index (κ3) is 3.02. The van der Waals surface area contributed by atoms with Crippen LogP contribution in [0.1, 0.15) is 31.4 Å². The average molecular weight is 209 g/mol. The fourth-order valence-electron chi connectivity index (χ4n) is 1.19. The van der Waals surface area contributed by atoms with Crippen molar-refractivity contribution in [1.82, 2.24) is 4.98 Å². The molecule has 0 fully saturated rings. The minimum absolute atomic E-state index is 0.0497. The number of nitrogens with two attached hydrogens (primary N) is 1. The molecular weight excluding hydrogens is 196 g/mol. The van der Waals surface area contributed by atoms with E-state index in [4.69, 9.17) is 17.3 Å². The number of aromatic nitrogens is 1. The average Bonchev–Trinajstić information content (AvgIpc) is 2.18. The maximum Gasteiger partial charge on any atom is 0.0637 e. The SMILES string of the molecule is CC#CCCC(N)c1ccncc1Cl. The Labute approximate surface area is 89.5 Å². The van der Waals surface area contributed by atoms with Crippen molar-refractivity contribution in [3.63, 3.8) is 0 Å². The Morgan fingerprint density at radius 1 is 1.64 bits per heavy atom. The molecule has 0 saturated carbocycles. The van der Waals surface area contributed by atoms with Gasteiger partial charge in [0, 0.05) is 24.9 Å². The molecule has 0 bridgehead atoms. The van der Waals surface area contributed by atoms with E-state index in [2.05, 4.69) is 16.8 Å². The van der Waals surface area contributed by atoms with Gasteiger partial charge in [0.25, 0.3) is 0 Å². The molecular formula is C11H13ClN2. The van der Waals surface area contributed by atoms with Crippen molar-refractivity contribution in [1.29, 1.82) is 0 Å². The quantitative estimate of drug-likeness (QED) is 0.776. The molecule has 0 amide bonds. The van der Waals surface area contributed by atoms with Gasteiger partial charge in [-0.1, -0.05) is 11.6 Å². The summed E-state index contributed by atoms with van der Waals surface area (Å²) in [4.78, 5) is 3.91. The first-order valence-corrected chi connectivity index (χ1v) is 4.88. The van der Waals surface area contributed by atoms with Crippen LogP contribution < -0.4 is 5.73 Å². The van der Waals surface area contributed by atoms with Crippen molar-refractivity contribution < 1.29 is 0 Å². The smallest absolute Gasteiger partial charge is 0.0637 e. The molecule has 74 valence electrons. The highest BCUT2D eigenvalue weighted by atomic mass is 35.5. The Bertz CT molecular complexity index is 352. The van der Waals surface area contributed by atoms with Crippen LogP contribution in [0.25, 0.3) is 0 Å². The van der Waals surface area contributed by atoms with Gasteiger partial charge >= 0.3 is 0 Å². The molecule has 1 aromatic heterocycles. The van der Waals surface area contributed by atoms with Crippen LogP contribution in [0.5, 0.6) is 0 Å². The van der Waals surface area contributed by atoms with E-state index in [0.29, 0.717) is 5.02 Å². The molecule has 1 unspecified atom stereocenters. The van der Waals surface area contributed by atoms with Gasteiger partial charge in [0.1, 0.15) is 0 Å². The fourth-order valence-corrected chi connectivity index (χ4v) is 1.45. The zero-order valence-corrected chi connectivity index (χ0v) is 8.88. The van der Waals surface area contributed by atoms with E-state index in [1.807, 2.05) is 13.0 Å². The van der Waals surface area contributed by atoms with E-state index in [9.17, 15) is 0 Å². The Morgan fingerprint density at radius 3 is 3.07 bits per heavy atom. The molecule has 0 aliphatic heterocycles. The van der Waals surface area contributed by atoms with Gasteiger partial charge in [-0.3, -0.25) is 4.98 Å². The van der Waals surface area contributed by atoms with E-state index in [0.717, 1.165) is 18.4 Å². The number of rotatable bonds is 3. The minimum Gasteiger partial charge on any atom is -0.324 e. The maximum atomic E-state index is 5.96. The molecule has 1 atom stereocenters. The fraction of sp³-hybridized carbons (Fsp3) is 0.364. The van der Waals surface area contributed by atoms with E-state index < -0.39 is 0 Å². The highest BCUT2D eigenvalue weighted by molar-refractivity contribution is 6.31. The minimum atomic E-state index is -0.0497. The van der Waals surface area contributed by atoms with Gasteiger partial charge in [-0.25, -0.2) is 0 Å². The monoisotopic (exact) mass is 208 g/mol. The summed E-state index contributed by atoms with van der Waals surface area (Å²) in [6.07, 6.45) is 4.94. The summed E-state index contributed by atoms with van der Waals surface area (Å²) in [7, 11) is 0. The van der Waals surface area contributed by atoms with Gasteiger partial charge in [0.15, 0.2) is 0 Å². The van der Waals surface area contributed by atoms with Gasteiger partial charge in [0.05, 0.1) is 5.02 Å². The lowest BCUT2D eigenvalue weighted by molar-refractivity contribution is 0.667. The van der Waals surface area contributed by atoms with Crippen LogP contribution >= 0.6 is 11.6 Å². The highest BCUT2D eigenvalue weighted by Gasteiger charge is 2.08. The molecule has 2 nitrogen and oxygen atoms in total. The van der Waals surface area contributed by atoms with Gasteiger partial charge in [-0.2, -0.15) is 0 Å². The molecule has 0 aromatic carbocycles. The molecule has 0 saturated heterocycles. The van der Waals surface area contributed by atoms with Gasteiger partial charge in [-0.05, 0) is 25.0 Å². The summed E-state index contributed by atoms with van der Waals surface area (Å²) in [5, 5.41) is 0.629. The molecule has 0 spiro atoms. The van der Waals surface area contributed by atoms with Gasteiger partial charge in [0.2, 0.25) is 0 Å². The lowest BCUT2D eigenvalue weighted by Crippen LogP contribution is -2.10. The standard InChI is InChI=1S/C11H13ClN2/c1-2-3-4-5-11(13)9-6-7-14-8-10(9)12/h6-8,11H,4-5,13H2,1H3. The van der Waals surface area contributed by atoms with Crippen molar-refractivity contribution in [2.24, 2.45) is 5.73 Å². The number of hydrogen-bond acceptors (Lipinski definition) is 2. The van der Waals surface area contributed by atoms with Gasteiger partial charge < -0.3 is 5.73 Å².